The molecule has 0 spiro atoms. The molecule has 1 atom stereocenters. The number of hydrogen-bond acceptors (Lipinski definition) is 4. The van der Waals surface area contributed by atoms with Crippen LogP contribution in [0.2, 0.25) is 0 Å². The van der Waals surface area contributed by atoms with E-state index in [0.29, 0.717) is 12.3 Å². The molecule has 94 valence electrons. The molecule has 1 heterocycles. The molecule has 0 saturated carbocycles. The molecule has 0 fully saturated rings. The van der Waals surface area contributed by atoms with Crippen LogP contribution in [0.25, 0.3) is 0 Å². The highest BCUT2D eigenvalue weighted by Gasteiger charge is 2.32. The van der Waals surface area contributed by atoms with Gasteiger partial charge in [0.2, 0.25) is 0 Å². The van der Waals surface area contributed by atoms with Gasteiger partial charge in [0.15, 0.2) is 6.10 Å². The largest absolute Gasteiger partial charge is 0.507 e. The summed E-state index contributed by atoms with van der Waals surface area (Å²) in [6.07, 6.45) is -0.575. The van der Waals surface area contributed by atoms with Crippen LogP contribution >= 0.6 is 0 Å². The molecule has 4 heteroatoms. The van der Waals surface area contributed by atoms with Gasteiger partial charge in [0.1, 0.15) is 11.3 Å². The number of rotatable bonds is 3. The summed E-state index contributed by atoms with van der Waals surface area (Å²) in [5.74, 6) is -0.538. The number of aliphatic imine (C=N–C) groups is 1. The van der Waals surface area contributed by atoms with Crippen LogP contribution in [0.15, 0.2) is 46.7 Å². The van der Waals surface area contributed by atoms with Crippen molar-refractivity contribution in [3.8, 4) is 0 Å². The molecule has 0 bridgehead atoms. The first-order chi connectivity index (χ1) is 8.59. The van der Waals surface area contributed by atoms with Gasteiger partial charge in [-0.25, -0.2) is 4.79 Å². The number of ether oxygens (including phenoxy) is 1. The van der Waals surface area contributed by atoms with Gasteiger partial charge in [0, 0.05) is 0 Å². The number of carbonyl (C=O) groups is 1. The van der Waals surface area contributed by atoms with Gasteiger partial charge in [-0.05, 0) is 19.4 Å². The van der Waals surface area contributed by atoms with E-state index in [2.05, 4.69) is 4.99 Å². The maximum absolute atomic E-state index is 11.5. The number of nitrogens with zero attached hydrogens (tertiary/aromatic N) is 1. The van der Waals surface area contributed by atoms with Crippen LogP contribution in [0.3, 0.4) is 0 Å². The van der Waals surface area contributed by atoms with E-state index in [1.165, 1.54) is 0 Å². The summed E-state index contributed by atoms with van der Waals surface area (Å²) in [6, 6.07) is 9.72. The lowest BCUT2D eigenvalue weighted by atomic mass is 10.1. The summed E-state index contributed by atoms with van der Waals surface area (Å²) < 4.78 is 4.92. The zero-order valence-corrected chi connectivity index (χ0v) is 10.4. The zero-order valence-electron chi connectivity index (χ0n) is 10.4. The first kappa shape index (κ1) is 12.4. The van der Waals surface area contributed by atoms with E-state index in [-0.39, 0.29) is 11.3 Å². The van der Waals surface area contributed by atoms with Gasteiger partial charge in [-0.15, -0.1) is 0 Å². The van der Waals surface area contributed by atoms with Crippen molar-refractivity contribution in [3.05, 3.63) is 47.2 Å². The fraction of sp³-hybridized carbons (Fsp3) is 0.286. The molecule has 1 aliphatic heterocycles. The SMILES string of the molecule is CC(=NCc1ccccc1)C1=C(O)[C@H](C)OC1=O. The first-order valence-electron chi connectivity index (χ1n) is 5.79. The van der Waals surface area contributed by atoms with E-state index in [1.807, 2.05) is 30.3 Å². The number of benzene rings is 1. The van der Waals surface area contributed by atoms with Crippen molar-refractivity contribution in [1.82, 2.24) is 0 Å². The zero-order chi connectivity index (χ0) is 13.1. The Morgan fingerprint density at radius 3 is 2.61 bits per heavy atom. The van der Waals surface area contributed by atoms with E-state index in [1.54, 1.807) is 13.8 Å². The number of cyclic esters (lactones) is 1. The predicted octanol–water partition coefficient (Wildman–Crippen LogP) is 2.40. The van der Waals surface area contributed by atoms with Gasteiger partial charge in [0.25, 0.3) is 0 Å². The average molecular weight is 245 g/mol. The molecule has 0 aliphatic carbocycles. The number of aliphatic hydroxyl groups is 1. The van der Waals surface area contributed by atoms with Gasteiger partial charge >= 0.3 is 5.97 Å². The van der Waals surface area contributed by atoms with Crippen LogP contribution in [0, 0.1) is 0 Å². The van der Waals surface area contributed by atoms with Gasteiger partial charge in [-0.2, -0.15) is 0 Å². The molecule has 0 saturated heterocycles. The Hall–Kier alpha value is -2.10. The second kappa shape index (κ2) is 5.04. The van der Waals surface area contributed by atoms with Crippen LogP contribution < -0.4 is 0 Å². The molecule has 0 amide bonds. The number of esters is 1. The minimum Gasteiger partial charge on any atom is -0.507 e. The summed E-state index contributed by atoms with van der Waals surface area (Å²) in [5, 5.41) is 9.75. The highest BCUT2D eigenvalue weighted by atomic mass is 16.6. The molecular weight excluding hydrogens is 230 g/mol. The summed E-state index contributed by atoms with van der Waals surface area (Å²) >= 11 is 0. The lowest BCUT2D eigenvalue weighted by Crippen LogP contribution is -2.08. The maximum atomic E-state index is 11.5. The molecule has 2 rings (SSSR count). The molecule has 18 heavy (non-hydrogen) atoms. The lowest BCUT2D eigenvalue weighted by molar-refractivity contribution is -0.139. The number of hydrogen-bond donors (Lipinski definition) is 1. The third-order valence-corrected chi connectivity index (χ3v) is 2.83. The van der Waals surface area contributed by atoms with Gasteiger partial charge in [-0.1, -0.05) is 30.3 Å². The van der Waals surface area contributed by atoms with Gasteiger partial charge in [-0.3, -0.25) is 4.99 Å². The minimum atomic E-state index is -0.575. The Kier molecular flexibility index (Phi) is 3.46. The number of carbonyl (C=O) groups excluding carboxylic acids is 1. The molecule has 1 aliphatic rings. The summed E-state index contributed by atoms with van der Waals surface area (Å²) in [5.41, 5.74) is 1.75. The maximum Gasteiger partial charge on any atom is 0.344 e. The second-order valence-corrected chi connectivity index (χ2v) is 4.20. The topological polar surface area (TPSA) is 58.9 Å². The molecule has 1 aromatic carbocycles. The molecule has 0 unspecified atom stereocenters. The van der Waals surface area contributed by atoms with Crippen LogP contribution in [0.4, 0.5) is 0 Å². The van der Waals surface area contributed by atoms with Crippen LogP contribution in [0.1, 0.15) is 19.4 Å². The van der Waals surface area contributed by atoms with Gasteiger partial charge in [0.05, 0.1) is 12.3 Å². The molecule has 0 radical (unpaired) electrons. The van der Waals surface area contributed by atoms with E-state index in [4.69, 9.17) is 4.74 Å². The molecule has 1 N–H and O–H groups in total. The van der Waals surface area contributed by atoms with Crippen molar-refractivity contribution >= 4 is 11.7 Å². The quantitative estimate of drug-likeness (QED) is 0.657. The van der Waals surface area contributed by atoms with Crippen molar-refractivity contribution in [2.45, 2.75) is 26.5 Å². The molecule has 0 aromatic heterocycles. The highest BCUT2D eigenvalue weighted by Crippen LogP contribution is 2.21. The fourth-order valence-corrected chi connectivity index (χ4v) is 1.79. The second-order valence-electron chi connectivity index (χ2n) is 4.20. The summed E-state index contributed by atoms with van der Waals surface area (Å²) in [6.45, 7) is 3.81. The van der Waals surface area contributed by atoms with Crippen molar-refractivity contribution in [2.24, 2.45) is 4.99 Å². The Labute approximate surface area is 106 Å². The minimum absolute atomic E-state index is 0.0330. The van der Waals surface area contributed by atoms with Crippen molar-refractivity contribution in [2.75, 3.05) is 0 Å². The Balaban J connectivity index is 2.17. The third-order valence-electron chi connectivity index (χ3n) is 2.83. The van der Waals surface area contributed by atoms with Crippen LogP contribution in [0.5, 0.6) is 0 Å². The van der Waals surface area contributed by atoms with E-state index in [0.717, 1.165) is 5.56 Å². The van der Waals surface area contributed by atoms with Gasteiger partial charge < -0.3 is 9.84 Å². The Morgan fingerprint density at radius 1 is 1.39 bits per heavy atom. The van der Waals surface area contributed by atoms with Crippen molar-refractivity contribution in [3.63, 3.8) is 0 Å². The Morgan fingerprint density at radius 2 is 2.06 bits per heavy atom. The smallest absolute Gasteiger partial charge is 0.344 e. The number of aliphatic hydroxyl groups excluding tert-OH is 1. The first-order valence-corrected chi connectivity index (χ1v) is 5.79. The van der Waals surface area contributed by atoms with E-state index < -0.39 is 12.1 Å². The van der Waals surface area contributed by atoms with E-state index >= 15 is 0 Å². The molecule has 4 nitrogen and oxygen atoms in total. The predicted molar refractivity (Wildman–Crippen MR) is 68.5 cm³/mol. The molecule has 1 aromatic rings. The Bertz CT molecular complexity index is 517. The van der Waals surface area contributed by atoms with Crippen LogP contribution in [-0.2, 0) is 16.1 Å². The van der Waals surface area contributed by atoms with Crippen molar-refractivity contribution < 1.29 is 14.6 Å². The lowest BCUT2D eigenvalue weighted by Gasteiger charge is -2.00. The normalized spacial score (nSPS) is 20.2. The monoisotopic (exact) mass is 245 g/mol. The third kappa shape index (κ3) is 2.42. The summed E-state index contributed by atoms with van der Waals surface area (Å²) in [4.78, 5) is 15.8. The highest BCUT2D eigenvalue weighted by molar-refractivity contribution is 6.20. The fourth-order valence-electron chi connectivity index (χ4n) is 1.79. The molecular formula is C14H15NO3. The standard InChI is InChI=1S/C14H15NO3/c1-9(12-13(16)10(2)18-14(12)17)15-8-11-6-4-3-5-7-11/h3-7,10,16H,8H2,1-2H3/t10-/m0/s1. The van der Waals surface area contributed by atoms with E-state index in [9.17, 15) is 9.90 Å². The summed E-state index contributed by atoms with van der Waals surface area (Å²) in [7, 11) is 0. The van der Waals surface area contributed by atoms with Crippen molar-refractivity contribution in [1.29, 1.82) is 0 Å². The van der Waals surface area contributed by atoms with Crippen LogP contribution in [-0.4, -0.2) is 22.9 Å². The average Bonchev–Trinajstić information content (AvgIpc) is 2.62.